The van der Waals surface area contributed by atoms with E-state index in [0.717, 1.165) is 28.2 Å². The van der Waals surface area contributed by atoms with Crippen molar-refractivity contribution < 1.29 is 23.9 Å². The maximum Gasteiger partial charge on any atom is 0.335 e. The molecule has 3 aromatic carbocycles. The zero-order chi connectivity index (χ0) is 32.2. The van der Waals surface area contributed by atoms with E-state index in [-0.39, 0.29) is 22.6 Å². The molecule has 1 saturated heterocycles. The van der Waals surface area contributed by atoms with E-state index in [9.17, 15) is 14.4 Å². The molecule has 8 rings (SSSR count). The first-order chi connectivity index (χ1) is 22.1. The number of anilines is 1. The summed E-state index contributed by atoms with van der Waals surface area (Å²) in [6.07, 6.45) is 9.12. The maximum atomic E-state index is 13.7. The third kappa shape index (κ3) is 5.78. The lowest BCUT2D eigenvalue weighted by Gasteiger charge is -2.57. The van der Waals surface area contributed by atoms with Gasteiger partial charge in [-0.1, -0.05) is 53.0 Å². The van der Waals surface area contributed by atoms with Gasteiger partial charge in [-0.25, -0.2) is 9.69 Å². The molecule has 10 heteroatoms. The molecule has 7 nitrogen and oxygen atoms in total. The summed E-state index contributed by atoms with van der Waals surface area (Å²) in [6.45, 7) is 2.29. The van der Waals surface area contributed by atoms with Crippen molar-refractivity contribution in [1.82, 2.24) is 5.32 Å². The van der Waals surface area contributed by atoms with E-state index in [1.807, 2.05) is 19.1 Å². The van der Waals surface area contributed by atoms with E-state index in [1.165, 1.54) is 50.2 Å². The summed E-state index contributed by atoms with van der Waals surface area (Å²) in [5, 5.41) is 3.37. The van der Waals surface area contributed by atoms with Crippen LogP contribution in [0.25, 0.3) is 6.08 Å². The van der Waals surface area contributed by atoms with Crippen LogP contribution in [0.2, 0.25) is 15.1 Å². The number of benzene rings is 3. The molecule has 0 aromatic heterocycles. The van der Waals surface area contributed by atoms with Crippen molar-refractivity contribution in [3.05, 3.63) is 91.9 Å². The Labute approximate surface area is 282 Å². The Morgan fingerprint density at radius 3 is 2.15 bits per heavy atom. The monoisotopic (exact) mass is 678 g/mol. The summed E-state index contributed by atoms with van der Waals surface area (Å²) < 4.78 is 11.8. The SMILES string of the molecule is CCOc1cc(/C=C2\C(=O)NC(=O)N(c3ccc(C45CC6CC(CC(C6)C4)C5)cc3)C2=O)cc(Cl)c1OCc1ccc(Cl)c(Cl)c1. The summed E-state index contributed by atoms with van der Waals surface area (Å²) >= 11 is 18.8. The van der Waals surface area contributed by atoms with Gasteiger partial charge >= 0.3 is 6.03 Å². The molecule has 0 unspecified atom stereocenters. The van der Waals surface area contributed by atoms with E-state index >= 15 is 0 Å². The molecule has 5 aliphatic rings. The van der Waals surface area contributed by atoms with Crippen LogP contribution in [0.5, 0.6) is 11.5 Å². The molecule has 4 saturated carbocycles. The summed E-state index contributed by atoms with van der Waals surface area (Å²) in [5.74, 6) is 1.54. The molecule has 1 N–H and O–H groups in total. The summed E-state index contributed by atoms with van der Waals surface area (Å²) in [5.41, 5.74) is 2.89. The fourth-order valence-corrected chi connectivity index (χ4v) is 8.94. The molecule has 0 atom stereocenters. The number of urea groups is 1. The Bertz CT molecular complexity index is 1730. The minimum atomic E-state index is -0.787. The zero-order valence-electron chi connectivity index (χ0n) is 25.3. The molecule has 238 valence electrons. The number of halogens is 3. The van der Waals surface area contributed by atoms with Crippen LogP contribution in [0.3, 0.4) is 0 Å². The number of nitrogens with one attached hydrogen (secondary N) is 1. The van der Waals surface area contributed by atoms with Crippen LogP contribution in [-0.4, -0.2) is 24.5 Å². The van der Waals surface area contributed by atoms with Crippen LogP contribution in [0.1, 0.15) is 62.1 Å². The standard InChI is InChI=1S/C36H33Cl3N2O5/c1-2-45-31-15-21(14-30(39)32(31)46-19-20-3-8-28(37)29(38)13-20)12-27-33(42)40-35(44)41(34(27)43)26-6-4-25(5-7-26)36-16-22-9-23(17-36)11-24(10-22)18-36/h3-8,12-15,22-24H,2,9-11,16-19H2,1H3,(H,40,42,44)/b27-12+. The van der Waals surface area contributed by atoms with Gasteiger partial charge in [0.2, 0.25) is 0 Å². The molecule has 0 radical (unpaired) electrons. The van der Waals surface area contributed by atoms with Crippen molar-refractivity contribution in [2.45, 2.75) is 57.5 Å². The van der Waals surface area contributed by atoms with E-state index in [2.05, 4.69) is 17.4 Å². The second kappa shape index (κ2) is 12.3. The summed E-state index contributed by atoms with van der Waals surface area (Å²) in [6, 6.07) is 15.4. The van der Waals surface area contributed by atoms with Gasteiger partial charge in [0.15, 0.2) is 11.5 Å². The number of amides is 4. The number of carbonyl (C=O) groups is 3. The van der Waals surface area contributed by atoms with Crippen LogP contribution in [-0.2, 0) is 21.6 Å². The van der Waals surface area contributed by atoms with Crippen molar-refractivity contribution >= 4 is 64.4 Å². The number of hydrogen-bond acceptors (Lipinski definition) is 5. The number of barbiturate groups is 1. The largest absolute Gasteiger partial charge is 0.490 e. The van der Waals surface area contributed by atoms with Crippen molar-refractivity contribution in [3.63, 3.8) is 0 Å². The number of ether oxygens (including phenoxy) is 2. The third-order valence-electron chi connectivity index (χ3n) is 9.89. The molecule has 0 spiro atoms. The minimum Gasteiger partial charge on any atom is -0.490 e. The second-order valence-electron chi connectivity index (χ2n) is 13.0. The average molecular weight is 680 g/mol. The third-order valence-corrected chi connectivity index (χ3v) is 10.9. The zero-order valence-corrected chi connectivity index (χ0v) is 27.6. The van der Waals surface area contributed by atoms with Crippen LogP contribution >= 0.6 is 34.8 Å². The van der Waals surface area contributed by atoms with Gasteiger partial charge in [-0.2, -0.15) is 0 Å². The molecular formula is C36H33Cl3N2O5. The Balaban J connectivity index is 1.13. The number of rotatable bonds is 8. The van der Waals surface area contributed by atoms with Crippen LogP contribution in [0, 0.1) is 17.8 Å². The Morgan fingerprint density at radius 2 is 1.52 bits per heavy atom. The second-order valence-corrected chi connectivity index (χ2v) is 14.2. The van der Waals surface area contributed by atoms with E-state index < -0.39 is 17.8 Å². The lowest BCUT2D eigenvalue weighted by molar-refractivity contribution is -0.122. The molecule has 4 bridgehead atoms. The van der Waals surface area contributed by atoms with Crippen LogP contribution < -0.4 is 19.7 Å². The highest BCUT2D eigenvalue weighted by Crippen LogP contribution is 2.60. The molecule has 4 amide bonds. The quantitative estimate of drug-likeness (QED) is 0.190. The average Bonchev–Trinajstić information content (AvgIpc) is 3.00. The van der Waals surface area contributed by atoms with Crippen molar-refractivity contribution in [3.8, 4) is 11.5 Å². The molecule has 46 heavy (non-hydrogen) atoms. The van der Waals surface area contributed by atoms with Gasteiger partial charge in [-0.15, -0.1) is 0 Å². The Morgan fingerprint density at radius 1 is 0.848 bits per heavy atom. The first-order valence-electron chi connectivity index (χ1n) is 15.7. The van der Waals surface area contributed by atoms with Crippen LogP contribution in [0.15, 0.2) is 60.2 Å². The molecule has 1 aliphatic heterocycles. The topological polar surface area (TPSA) is 84.9 Å². The predicted molar refractivity (Wildman–Crippen MR) is 179 cm³/mol. The fraction of sp³-hybridized carbons (Fsp3) is 0.361. The van der Waals surface area contributed by atoms with E-state index in [1.54, 1.807) is 30.3 Å². The number of nitrogens with zero attached hydrogens (tertiary/aromatic N) is 1. The highest BCUT2D eigenvalue weighted by atomic mass is 35.5. The first-order valence-corrected chi connectivity index (χ1v) is 16.8. The molecule has 4 aliphatic carbocycles. The van der Waals surface area contributed by atoms with Gasteiger partial charge in [-0.05, 0) is 128 Å². The molecular weight excluding hydrogens is 647 g/mol. The van der Waals surface area contributed by atoms with Gasteiger partial charge < -0.3 is 9.47 Å². The predicted octanol–water partition coefficient (Wildman–Crippen LogP) is 8.76. The normalized spacial score (nSPS) is 26.1. The lowest BCUT2D eigenvalue weighted by Crippen LogP contribution is -2.54. The van der Waals surface area contributed by atoms with Crippen molar-refractivity contribution in [2.24, 2.45) is 17.8 Å². The maximum absolute atomic E-state index is 13.7. The van der Waals surface area contributed by atoms with Gasteiger partial charge in [0.05, 0.1) is 27.4 Å². The van der Waals surface area contributed by atoms with Gasteiger partial charge in [0.1, 0.15) is 12.2 Å². The highest BCUT2D eigenvalue weighted by molar-refractivity contribution is 6.42. The highest BCUT2D eigenvalue weighted by Gasteiger charge is 2.51. The van der Waals surface area contributed by atoms with Gasteiger partial charge in [-0.3, -0.25) is 14.9 Å². The molecule has 3 aromatic rings. The Hall–Kier alpha value is -3.52. The summed E-state index contributed by atoms with van der Waals surface area (Å²) in [4.78, 5) is 40.6. The molecule has 1 heterocycles. The van der Waals surface area contributed by atoms with Gasteiger partial charge in [0.25, 0.3) is 11.8 Å². The minimum absolute atomic E-state index is 0.150. The van der Waals surface area contributed by atoms with Crippen molar-refractivity contribution in [2.75, 3.05) is 11.5 Å². The molecule has 5 fully saturated rings. The van der Waals surface area contributed by atoms with E-state index in [4.69, 9.17) is 44.3 Å². The number of imide groups is 2. The first kappa shape index (κ1) is 31.1. The smallest absolute Gasteiger partial charge is 0.335 e. The van der Waals surface area contributed by atoms with Crippen molar-refractivity contribution in [1.29, 1.82) is 0 Å². The van der Waals surface area contributed by atoms with Crippen LogP contribution in [0.4, 0.5) is 10.5 Å². The lowest BCUT2D eigenvalue weighted by atomic mass is 9.48. The number of hydrogen-bond donors (Lipinski definition) is 1. The Kier molecular flexibility index (Phi) is 8.28. The number of carbonyl (C=O) groups excluding carboxylic acids is 3. The summed E-state index contributed by atoms with van der Waals surface area (Å²) in [7, 11) is 0. The fourth-order valence-electron chi connectivity index (χ4n) is 8.35. The van der Waals surface area contributed by atoms with E-state index in [0.29, 0.717) is 39.4 Å². The van der Waals surface area contributed by atoms with Gasteiger partial charge in [0, 0.05) is 0 Å².